The lowest BCUT2D eigenvalue weighted by atomic mass is 9.41. The number of hydrogen-bond acceptors (Lipinski definition) is 10. The van der Waals surface area contributed by atoms with Gasteiger partial charge in [0.05, 0.1) is 24.4 Å². The zero-order chi connectivity index (χ0) is 34.3. The van der Waals surface area contributed by atoms with Crippen LogP contribution in [0.2, 0.25) is 0 Å². The van der Waals surface area contributed by atoms with Crippen LogP contribution in [0.1, 0.15) is 107 Å². The molecule has 266 valence electrons. The zero-order valence-electron chi connectivity index (χ0n) is 29.5. The molecule has 0 aromatic carbocycles. The number of carbonyl (C=O) groups excluding carboxylic acids is 2. The van der Waals surface area contributed by atoms with Crippen LogP contribution < -0.4 is 0 Å². The molecule has 10 heteroatoms. The van der Waals surface area contributed by atoms with Crippen LogP contribution >= 0.6 is 0 Å². The summed E-state index contributed by atoms with van der Waals surface area (Å²) in [6.07, 6.45) is 0.691. The summed E-state index contributed by atoms with van der Waals surface area (Å²) < 4.78 is 24.4. The molecular weight excluding hydrogens is 604 g/mol. The second-order valence-corrected chi connectivity index (χ2v) is 18.4. The summed E-state index contributed by atoms with van der Waals surface area (Å²) in [7, 11) is 0. The van der Waals surface area contributed by atoms with Crippen LogP contribution in [0.5, 0.6) is 0 Å². The topological polar surface area (TPSA) is 152 Å². The maximum Gasteiger partial charge on any atom is 0.303 e. The normalized spacial score (nSPS) is 53.9. The third-order valence-corrected chi connectivity index (χ3v) is 15.6. The predicted molar refractivity (Wildman–Crippen MR) is 170 cm³/mol. The molecule has 7 fully saturated rings. The first-order valence-electron chi connectivity index (χ1n) is 18.2. The predicted octanol–water partition coefficient (Wildman–Crippen LogP) is 3.53. The molecule has 2 aliphatic heterocycles. The van der Waals surface area contributed by atoms with Crippen molar-refractivity contribution in [3.05, 3.63) is 0 Å². The molecule has 2 spiro atoms. The van der Waals surface area contributed by atoms with Gasteiger partial charge in [0, 0.05) is 18.3 Å². The summed E-state index contributed by atoms with van der Waals surface area (Å²) in [5.74, 6) is 0.603. The van der Waals surface area contributed by atoms with E-state index < -0.39 is 59.9 Å². The summed E-state index contributed by atoms with van der Waals surface area (Å²) in [6, 6.07) is 0. The van der Waals surface area contributed by atoms with Crippen LogP contribution in [0.3, 0.4) is 0 Å². The Morgan fingerprint density at radius 1 is 0.979 bits per heavy atom. The zero-order valence-corrected chi connectivity index (χ0v) is 29.5. The van der Waals surface area contributed by atoms with Crippen LogP contribution in [0.25, 0.3) is 0 Å². The molecule has 7 aliphatic rings. The first-order valence-corrected chi connectivity index (χ1v) is 18.2. The minimum atomic E-state index is -1.31. The summed E-state index contributed by atoms with van der Waals surface area (Å²) in [4.78, 5) is 27.0. The Labute approximate surface area is 279 Å². The number of hydrogen-bond donors (Lipinski definition) is 4. The number of esters is 1. The van der Waals surface area contributed by atoms with E-state index in [9.17, 15) is 30.0 Å². The molecule has 2 unspecified atom stereocenters. The summed E-state index contributed by atoms with van der Waals surface area (Å²) in [5, 5.41) is 41.8. The van der Waals surface area contributed by atoms with Crippen LogP contribution in [-0.4, -0.2) is 93.4 Å². The van der Waals surface area contributed by atoms with E-state index in [-0.39, 0.29) is 57.9 Å². The SMILES string of the molecule is CC(=O)O[C@@H]([C@H]1C[C@@H](C)[C@H]2[C@H](O1)C(=O)[C@@]1(C)[C@@H]3CC[C@H]4C(C)(C)[C@@H](O[C@@H]5OCC(O)[C@H](O)[C@H]5O)CCC45C[C@@]35CC[C@]21C)C(C)(C)O. The Balaban J connectivity index is 1.15. The second kappa shape index (κ2) is 10.7. The molecule has 7 rings (SSSR count). The number of ketones is 1. The van der Waals surface area contributed by atoms with Gasteiger partial charge in [0.2, 0.25) is 0 Å². The molecule has 0 aromatic rings. The van der Waals surface area contributed by atoms with Gasteiger partial charge < -0.3 is 39.4 Å². The van der Waals surface area contributed by atoms with Crippen molar-refractivity contribution in [2.45, 2.75) is 161 Å². The highest BCUT2D eigenvalue weighted by Crippen LogP contribution is 2.89. The van der Waals surface area contributed by atoms with Crippen molar-refractivity contribution in [2.24, 2.45) is 50.7 Å². The van der Waals surface area contributed by atoms with Crippen LogP contribution in [0.15, 0.2) is 0 Å². The number of aliphatic hydroxyl groups is 4. The van der Waals surface area contributed by atoms with E-state index in [1.165, 1.54) is 6.92 Å². The Morgan fingerprint density at radius 2 is 1.64 bits per heavy atom. The van der Waals surface area contributed by atoms with Crippen molar-refractivity contribution in [3.8, 4) is 0 Å². The molecule has 5 saturated carbocycles. The monoisotopic (exact) mass is 662 g/mol. The molecule has 0 radical (unpaired) electrons. The van der Waals surface area contributed by atoms with Gasteiger partial charge in [-0.1, -0.05) is 34.6 Å². The standard InChI is InChI=1S/C37H58O10/c1-18-15-21(30(33(5,6)43)45-19(2)38)46-28-25(18)34(7)13-14-37-17-36(37)12-11-24(47-31-27(41)26(40)20(39)16-44-31)32(3,4)22(36)9-10-23(37)35(34,8)29(28)42/h18,20-28,30-31,39-41,43H,9-17H2,1-8H3/t18-,20?,21-,22+,23+,24+,25+,26+,27-,28+,30+,31+,34-,35-,36?,37+/m1/s1. The first-order chi connectivity index (χ1) is 21.8. The quantitative estimate of drug-likeness (QED) is 0.254. The van der Waals surface area contributed by atoms with Crippen molar-refractivity contribution in [2.75, 3.05) is 6.61 Å². The molecule has 2 saturated heterocycles. The average molecular weight is 663 g/mol. The first kappa shape index (κ1) is 34.3. The number of fused-ring (bicyclic) bond motifs is 4. The molecule has 4 N–H and O–H groups in total. The van der Waals surface area contributed by atoms with E-state index in [1.807, 2.05) is 0 Å². The van der Waals surface area contributed by atoms with Crippen LogP contribution in [0.4, 0.5) is 0 Å². The fraction of sp³-hybridized carbons (Fsp3) is 0.946. The third kappa shape index (κ3) is 4.46. The third-order valence-electron chi connectivity index (χ3n) is 15.6. The summed E-state index contributed by atoms with van der Waals surface area (Å²) >= 11 is 0. The van der Waals surface area contributed by atoms with Gasteiger partial charge in [-0.05, 0) is 105 Å². The van der Waals surface area contributed by atoms with Gasteiger partial charge in [0.25, 0.3) is 0 Å². The van der Waals surface area contributed by atoms with Crippen molar-refractivity contribution in [1.82, 2.24) is 0 Å². The average Bonchev–Trinajstić information content (AvgIpc) is 3.61. The maximum absolute atomic E-state index is 15.0. The largest absolute Gasteiger partial charge is 0.457 e. The van der Waals surface area contributed by atoms with Crippen molar-refractivity contribution < 1.29 is 49.0 Å². The maximum atomic E-state index is 15.0. The number of rotatable bonds is 5. The smallest absolute Gasteiger partial charge is 0.303 e. The molecule has 2 heterocycles. The van der Waals surface area contributed by atoms with E-state index in [0.29, 0.717) is 12.3 Å². The fourth-order valence-electron chi connectivity index (χ4n) is 13.4. The molecule has 0 amide bonds. The Morgan fingerprint density at radius 3 is 2.30 bits per heavy atom. The van der Waals surface area contributed by atoms with Gasteiger partial charge in [-0.15, -0.1) is 0 Å². The molecular formula is C37H58O10. The highest BCUT2D eigenvalue weighted by atomic mass is 16.7. The summed E-state index contributed by atoms with van der Waals surface area (Å²) in [6.45, 7) is 15.9. The number of aliphatic hydroxyl groups excluding tert-OH is 3. The molecule has 5 aliphatic carbocycles. The van der Waals surface area contributed by atoms with Crippen molar-refractivity contribution >= 4 is 11.8 Å². The van der Waals surface area contributed by atoms with E-state index in [1.54, 1.807) is 13.8 Å². The summed E-state index contributed by atoms with van der Waals surface area (Å²) in [5.41, 5.74) is -2.06. The van der Waals surface area contributed by atoms with Gasteiger partial charge in [0.15, 0.2) is 18.2 Å². The minimum absolute atomic E-state index is 0.0668. The Bertz CT molecular complexity index is 1290. The van der Waals surface area contributed by atoms with Gasteiger partial charge in [-0.3, -0.25) is 9.59 Å². The van der Waals surface area contributed by atoms with Gasteiger partial charge in [0.1, 0.15) is 24.4 Å². The van der Waals surface area contributed by atoms with E-state index >= 15 is 0 Å². The lowest BCUT2D eigenvalue weighted by molar-refractivity contribution is -0.302. The Hall–Kier alpha value is -1.14. The highest BCUT2D eigenvalue weighted by Gasteiger charge is 2.85. The van der Waals surface area contributed by atoms with Crippen LogP contribution in [-0.2, 0) is 28.5 Å². The van der Waals surface area contributed by atoms with E-state index in [2.05, 4.69) is 34.6 Å². The molecule has 0 aromatic heterocycles. The molecule has 10 nitrogen and oxygen atoms in total. The van der Waals surface area contributed by atoms with Gasteiger partial charge in [-0.25, -0.2) is 0 Å². The molecule has 0 bridgehead atoms. The number of carbonyl (C=O) groups is 2. The van der Waals surface area contributed by atoms with Crippen molar-refractivity contribution in [1.29, 1.82) is 0 Å². The van der Waals surface area contributed by atoms with E-state index in [0.717, 1.165) is 44.9 Å². The van der Waals surface area contributed by atoms with Crippen molar-refractivity contribution in [3.63, 3.8) is 0 Å². The van der Waals surface area contributed by atoms with E-state index in [4.69, 9.17) is 18.9 Å². The number of ether oxygens (including phenoxy) is 4. The molecule has 16 atom stereocenters. The number of Topliss-reactive ketones (excluding diaryl/α,β-unsaturated/α-hetero) is 1. The molecule has 47 heavy (non-hydrogen) atoms. The lowest BCUT2D eigenvalue weighted by Gasteiger charge is -2.62. The van der Waals surface area contributed by atoms with Gasteiger partial charge >= 0.3 is 5.97 Å². The Kier molecular flexibility index (Phi) is 7.80. The lowest BCUT2D eigenvalue weighted by Crippen LogP contribution is -2.60. The van der Waals surface area contributed by atoms with Gasteiger partial charge in [-0.2, -0.15) is 0 Å². The van der Waals surface area contributed by atoms with Crippen LogP contribution in [0, 0.1) is 50.7 Å². The fourth-order valence-corrected chi connectivity index (χ4v) is 13.4. The second-order valence-electron chi connectivity index (χ2n) is 18.4. The minimum Gasteiger partial charge on any atom is -0.457 e. The highest BCUT2D eigenvalue weighted by molar-refractivity contribution is 5.93.